The van der Waals surface area contributed by atoms with E-state index in [1.54, 1.807) is 5.38 Å². The van der Waals surface area contributed by atoms with Crippen molar-refractivity contribution in [2.45, 2.75) is 25.4 Å². The van der Waals surface area contributed by atoms with Gasteiger partial charge in [-0.3, -0.25) is 19.3 Å². The lowest BCUT2D eigenvalue weighted by Crippen LogP contribution is -2.52. The van der Waals surface area contributed by atoms with E-state index >= 15 is 0 Å². The topological polar surface area (TPSA) is 105 Å². The highest BCUT2D eigenvalue weighted by Crippen LogP contribution is 2.13. The number of carbonyl (C=O) groups is 3. The van der Waals surface area contributed by atoms with Crippen molar-refractivity contribution < 1.29 is 14.4 Å². The maximum atomic E-state index is 11.9. The van der Waals surface area contributed by atoms with Gasteiger partial charge in [-0.25, -0.2) is 4.98 Å². The summed E-state index contributed by atoms with van der Waals surface area (Å²) in [5.74, 6) is -1.04. The van der Waals surface area contributed by atoms with E-state index in [-0.39, 0.29) is 30.5 Å². The van der Waals surface area contributed by atoms with Crippen molar-refractivity contribution in [1.82, 2.24) is 15.2 Å². The lowest BCUT2D eigenvalue weighted by atomic mass is 10.0. The number of hydrogen-bond donors (Lipinski definition) is 2. The molecule has 1 aromatic rings. The molecule has 0 aromatic carbocycles. The molecule has 1 aliphatic rings. The number of rotatable bonds is 3. The zero-order chi connectivity index (χ0) is 14.0. The summed E-state index contributed by atoms with van der Waals surface area (Å²) in [6.45, 7) is 0.275. The molecular weight excluding hydrogens is 268 g/mol. The number of likely N-dealkylation sites (tertiary alicyclic amines) is 1. The van der Waals surface area contributed by atoms with Crippen LogP contribution in [0.4, 0.5) is 0 Å². The van der Waals surface area contributed by atoms with Gasteiger partial charge >= 0.3 is 0 Å². The minimum absolute atomic E-state index is 0.227. The number of nitrogens with zero attached hydrogens (tertiary/aromatic N) is 2. The van der Waals surface area contributed by atoms with Gasteiger partial charge in [0.1, 0.15) is 16.7 Å². The van der Waals surface area contributed by atoms with Gasteiger partial charge in [0.2, 0.25) is 5.91 Å². The van der Waals surface area contributed by atoms with Gasteiger partial charge in [0.05, 0.1) is 0 Å². The predicted octanol–water partition coefficient (Wildman–Crippen LogP) is -0.521. The number of imide groups is 1. The average molecular weight is 282 g/mol. The highest BCUT2D eigenvalue weighted by molar-refractivity contribution is 7.09. The maximum Gasteiger partial charge on any atom is 0.271 e. The summed E-state index contributed by atoms with van der Waals surface area (Å²) >= 11 is 1.30. The van der Waals surface area contributed by atoms with Crippen LogP contribution < -0.4 is 11.1 Å². The zero-order valence-corrected chi connectivity index (χ0v) is 11.2. The Bertz CT molecular complexity index is 528. The third kappa shape index (κ3) is 2.79. The van der Waals surface area contributed by atoms with Crippen LogP contribution >= 0.6 is 11.3 Å². The molecule has 7 nitrogen and oxygen atoms in total. The molecule has 0 aliphatic carbocycles. The Labute approximate surface area is 113 Å². The molecule has 0 bridgehead atoms. The van der Waals surface area contributed by atoms with Crippen LogP contribution in [0, 0.1) is 0 Å². The third-order valence-electron chi connectivity index (χ3n) is 2.91. The van der Waals surface area contributed by atoms with Crippen LogP contribution in [0.2, 0.25) is 0 Å². The summed E-state index contributed by atoms with van der Waals surface area (Å²) in [5, 5.41) is 4.85. The van der Waals surface area contributed by atoms with Gasteiger partial charge in [0.25, 0.3) is 11.8 Å². The summed E-state index contributed by atoms with van der Waals surface area (Å²) in [6.07, 6.45) is 0.569. The van der Waals surface area contributed by atoms with Crippen LogP contribution in [-0.2, 0) is 16.1 Å². The standard InChI is InChI=1S/C11H14N4O3S/c1-15-9(16)3-2-6(11(15)18)14-10(17)7-5-19-8(4-12)13-7/h5-6H,2-4,12H2,1H3,(H,14,17). The molecule has 2 rings (SSSR count). The number of aromatic nitrogens is 1. The van der Waals surface area contributed by atoms with E-state index in [0.717, 1.165) is 4.90 Å². The van der Waals surface area contributed by atoms with Crippen molar-refractivity contribution in [3.05, 3.63) is 16.1 Å². The number of piperidine rings is 1. The molecule has 102 valence electrons. The second kappa shape index (κ2) is 5.45. The second-order valence-corrected chi connectivity index (χ2v) is 5.13. The molecule has 0 spiro atoms. The molecule has 0 saturated carbocycles. The first kappa shape index (κ1) is 13.6. The van der Waals surface area contributed by atoms with Crippen molar-refractivity contribution in [2.24, 2.45) is 5.73 Å². The normalized spacial score (nSPS) is 19.7. The lowest BCUT2D eigenvalue weighted by Gasteiger charge is -2.27. The number of thiazole rings is 1. The average Bonchev–Trinajstić information content (AvgIpc) is 2.88. The molecule has 3 N–H and O–H groups in total. The summed E-state index contributed by atoms with van der Waals surface area (Å²) in [7, 11) is 1.42. The Morgan fingerprint density at radius 3 is 3.00 bits per heavy atom. The molecule has 1 fully saturated rings. The second-order valence-electron chi connectivity index (χ2n) is 4.19. The summed E-state index contributed by atoms with van der Waals surface area (Å²) in [6, 6.07) is -0.668. The number of hydrogen-bond acceptors (Lipinski definition) is 6. The van der Waals surface area contributed by atoms with Crippen molar-refractivity contribution in [1.29, 1.82) is 0 Å². The molecule has 1 saturated heterocycles. The Hall–Kier alpha value is -1.80. The minimum Gasteiger partial charge on any atom is -0.339 e. The first-order chi connectivity index (χ1) is 9.02. The number of carbonyl (C=O) groups excluding carboxylic acids is 3. The fourth-order valence-corrected chi connectivity index (χ4v) is 2.45. The maximum absolute atomic E-state index is 11.9. The largest absolute Gasteiger partial charge is 0.339 e. The SMILES string of the molecule is CN1C(=O)CCC(NC(=O)c2csc(CN)n2)C1=O. The highest BCUT2D eigenvalue weighted by Gasteiger charge is 2.33. The van der Waals surface area contributed by atoms with Crippen LogP contribution in [-0.4, -0.2) is 40.7 Å². The van der Waals surface area contributed by atoms with Crippen LogP contribution in [0.15, 0.2) is 5.38 Å². The van der Waals surface area contributed by atoms with Crippen LogP contribution in [0.3, 0.4) is 0 Å². The molecule has 0 radical (unpaired) electrons. The van der Waals surface area contributed by atoms with E-state index in [1.165, 1.54) is 18.4 Å². The molecule has 1 unspecified atom stereocenters. The highest BCUT2D eigenvalue weighted by atomic mass is 32.1. The molecular formula is C11H14N4O3S. The van der Waals surface area contributed by atoms with E-state index in [1.807, 2.05) is 0 Å². The molecule has 3 amide bonds. The fraction of sp³-hybridized carbons (Fsp3) is 0.455. The van der Waals surface area contributed by atoms with E-state index in [9.17, 15) is 14.4 Å². The Balaban J connectivity index is 2.03. The zero-order valence-electron chi connectivity index (χ0n) is 10.4. The van der Waals surface area contributed by atoms with Crippen molar-refractivity contribution in [2.75, 3.05) is 7.05 Å². The fourth-order valence-electron chi connectivity index (χ4n) is 1.79. The Morgan fingerprint density at radius 1 is 1.63 bits per heavy atom. The molecule has 19 heavy (non-hydrogen) atoms. The first-order valence-corrected chi connectivity index (χ1v) is 6.66. The van der Waals surface area contributed by atoms with Crippen molar-refractivity contribution in [3.8, 4) is 0 Å². The first-order valence-electron chi connectivity index (χ1n) is 5.78. The minimum atomic E-state index is -0.668. The van der Waals surface area contributed by atoms with Crippen molar-refractivity contribution in [3.63, 3.8) is 0 Å². The van der Waals surface area contributed by atoms with Crippen LogP contribution in [0.25, 0.3) is 0 Å². The van der Waals surface area contributed by atoms with Gasteiger partial charge in [-0.05, 0) is 6.42 Å². The number of amides is 3. The lowest BCUT2D eigenvalue weighted by molar-refractivity contribution is -0.147. The van der Waals surface area contributed by atoms with Crippen LogP contribution in [0.5, 0.6) is 0 Å². The van der Waals surface area contributed by atoms with E-state index < -0.39 is 11.9 Å². The molecule has 1 atom stereocenters. The molecule has 8 heteroatoms. The smallest absolute Gasteiger partial charge is 0.271 e. The number of nitrogens with two attached hydrogens (primary N) is 1. The van der Waals surface area contributed by atoms with E-state index in [0.29, 0.717) is 11.4 Å². The Kier molecular flexibility index (Phi) is 3.91. The summed E-state index contributed by atoms with van der Waals surface area (Å²) < 4.78 is 0. The summed E-state index contributed by atoms with van der Waals surface area (Å²) in [4.78, 5) is 40.1. The van der Waals surface area contributed by atoms with Crippen LogP contribution in [0.1, 0.15) is 28.3 Å². The molecule has 1 aromatic heterocycles. The molecule has 2 heterocycles. The third-order valence-corrected chi connectivity index (χ3v) is 3.79. The quantitative estimate of drug-likeness (QED) is 0.726. The predicted molar refractivity (Wildman–Crippen MR) is 68.3 cm³/mol. The number of likely N-dealkylation sites (N-methyl/N-ethyl adjacent to an activating group) is 1. The van der Waals surface area contributed by atoms with Gasteiger partial charge in [0.15, 0.2) is 0 Å². The van der Waals surface area contributed by atoms with Gasteiger partial charge in [-0.15, -0.1) is 11.3 Å². The van der Waals surface area contributed by atoms with E-state index in [2.05, 4.69) is 10.3 Å². The monoisotopic (exact) mass is 282 g/mol. The number of nitrogens with one attached hydrogen (secondary N) is 1. The van der Waals surface area contributed by atoms with Gasteiger partial charge in [-0.2, -0.15) is 0 Å². The van der Waals surface area contributed by atoms with Gasteiger partial charge < -0.3 is 11.1 Å². The Morgan fingerprint density at radius 2 is 2.37 bits per heavy atom. The van der Waals surface area contributed by atoms with Gasteiger partial charge in [0, 0.05) is 25.4 Å². The van der Waals surface area contributed by atoms with Crippen molar-refractivity contribution >= 4 is 29.1 Å². The summed E-state index contributed by atoms with van der Waals surface area (Å²) in [5.41, 5.74) is 5.67. The molecule has 1 aliphatic heterocycles. The van der Waals surface area contributed by atoms with Gasteiger partial charge in [-0.1, -0.05) is 0 Å². The van der Waals surface area contributed by atoms with E-state index in [4.69, 9.17) is 5.73 Å².